The van der Waals surface area contributed by atoms with Crippen LogP contribution >= 0.6 is 0 Å². The largest absolute Gasteiger partial charge is 0.497 e. The molecule has 1 aliphatic rings. The Labute approximate surface area is 193 Å². The van der Waals surface area contributed by atoms with Gasteiger partial charge in [0, 0.05) is 66.8 Å². The number of hydrogen-bond donors (Lipinski definition) is 2. The first kappa shape index (κ1) is 22.5. The van der Waals surface area contributed by atoms with Gasteiger partial charge in [0.2, 0.25) is 11.8 Å². The monoisotopic (exact) mass is 447 g/mol. The first-order valence-electron chi connectivity index (χ1n) is 11.1. The second-order valence-electron chi connectivity index (χ2n) is 8.02. The van der Waals surface area contributed by atoms with E-state index in [0.29, 0.717) is 31.1 Å². The van der Waals surface area contributed by atoms with Gasteiger partial charge in [0.25, 0.3) is 0 Å². The standard InChI is InChI=1S/C26H29N3O4/c1-32-20-8-7-19(24(15-20)33-2)16-28-25(30)9-10-26(31)29-13-11-18(12-14-29)22-17-27-23-6-4-3-5-21(22)23/h3-8,11,15,17,27H,9-10,12-14,16H2,1-2H3,(H,28,30). The predicted octanol–water partition coefficient (Wildman–Crippen LogP) is 3.90. The number of methoxy groups -OCH3 is 2. The Hall–Kier alpha value is -3.74. The molecule has 2 heterocycles. The number of nitrogens with one attached hydrogen (secondary N) is 2. The quantitative estimate of drug-likeness (QED) is 0.549. The maximum Gasteiger partial charge on any atom is 0.223 e. The van der Waals surface area contributed by atoms with Gasteiger partial charge in [0.1, 0.15) is 11.5 Å². The number of nitrogens with zero attached hydrogens (tertiary/aromatic N) is 1. The highest BCUT2D eigenvalue weighted by molar-refractivity contribution is 5.93. The number of carbonyl (C=O) groups is 2. The number of aromatic amines is 1. The highest BCUT2D eigenvalue weighted by atomic mass is 16.5. The van der Waals surface area contributed by atoms with E-state index in [-0.39, 0.29) is 24.7 Å². The second-order valence-corrected chi connectivity index (χ2v) is 8.02. The Kier molecular flexibility index (Phi) is 6.98. The molecule has 2 N–H and O–H groups in total. The van der Waals surface area contributed by atoms with E-state index in [9.17, 15) is 9.59 Å². The van der Waals surface area contributed by atoms with E-state index in [1.54, 1.807) is 20.3 Å². The number of aromatic nitrogens is 1. The topological polar surface area (TPSA) is 83.7 Å². The summed E-state index contributed by atoms with van der Waals surface area (Å²) in [6.07, 6.45) is 5.31. The molecule has 4 rings (SSSR count). The average Bonchev–Trinajstić information content (AvgIpc) is 3.30. The predicted molar refractivity (Wildman–Crippen MR) is 128 cm³/mol. The van der Waals surface area contributed by atoms with E-state index in [0.717, 1.165) is 17.5 Å². The van der Waals surface area contributed by atoms with Crippen molar-refractivity contribution in [3.8, 4) is 11.5 Å². The minimum atomic E-state index is -0.159. The van der Waals surface area contributed by atoms with Crippen LogP contribution in [0.15, 0.2) is 54.7 Å². The molecule has 172 valence electrons. The van der Waals surface area contributed by atoms with E-state index >= 15 is 0 Å². The van der Waals surface area contributed by atoms with E-state index in [4.69, 9.17) is 9.47 Å². The summed E-state index contributed by atoms with van der Waals surface area (Å²) in [7, 11) is 3.17. The minimum absolute atomic E-state index is 0.00130. The number of carbonyl (C=O) groups excluding carboxylic acids is 2. The third kappa shape index (κ3) is 5.19. The van der Waals surface area contributed by atoms with Crippen LogP contribution in [0.25, 0.3) is 16.5 Å². The van der Waals surface area contributed by atoms with Crippen molar-refractivity contribution < 1.29 is 19.1 Å². The molecule has 1 aliphatic heterocycles. The number of fused-ring (bicyclic) bond motifs is 1. The van der Waals surface area contributed by atoms with Crippen molar-refractivity contribution in [3.05, 3.63) is 65.9 Å². The van der Waals surface area contributed by atoms with Gasteiger partial charge >= 0.3 is 0 Å². The lowest BCUT2D eigenvalue weighted by molar-refractivity contribution is -0.133. The maximum atomic E-state index is 12.6. The SMILES string of the molecule is COc1ccc(CNC(=O)CCC(=O)N2CC=C(c3c[nH]c4ccccc34)CC2)c(OC)c1. The summed E-state index contributed by atoms with van der Waals surface area (Å²) in [5.74, 6) is 1.18. The summed E-state index contributed by atoms with van der Waals surface area (Å²) in [4.78, 5) is 30.1. The zero-order chi connectivity index (χ0) is 23.2. The van der Waals surface area contributed by atoms with Gasteiger partial charge in [-0.2, -0.15) is 0 Å². The molecular formula is C26H29N3O4. The number of benzene rings is 2. The lowest BCUT2D eigenvalue weighted by Crippen LogP contribution is -2.35. The van der Waals surface area contributed by atoms with Crippen molar-refractivity contribution in [3.63, 3.8) is 0 Å². The van der Waals surface area contributed by atoms with Crippen LogP contribution in [0.1, 0.15) is 30.4 Å². The van der Waals surface area contributed by atoms with Gasteiger partial charge < -0.3 is 24.7 Å². The van der Waals surface area contributed by atoms with Crippen molar-refractivity contribution >= 4 is 28.3 Å². The number of hydrogen-bond acceptors (Lipinski definition) is 4. The van der Waals surface area contributed by atoms with E-state index in [2.05, 4.69) is 28.5 Å². The molecule has 0 aliphatic carbocycles. The fourth-order valence-electron chi connectivity index (χ4n) is 4.14. The molecule has 0 radical (unpaired) electrons. The summed E-state index contributed by atoms with van der Waals surface area (Å²) < 4.78 is 10.5. The van der Waals surface area contributed by atoms with Gasteiger partial charge in [0.15, 0.2) is 0 Å². The Morgan fingerprint density at radius 2 is 1.94 bits per heavy atom. The Morgan fingerprint density at radius 3 is 2.70 bits per heavy atom. The molecule has 33 heavy (non-hydrogen) atoms. The molecular weight excluding hydrogens is 418 g/mol. The molecule has 0 spiro atoms. The number of para-hydroxylation sites is 1. The van der Waals surface area contributed by atoms with Gasteiger partial charge in [-0.1, -0.05) is 24.3 Å². The number of amides is 2. The van der Waals surface area contributed by atoms with E-state index < -0.39 is 0 Å². The summed E-state index contributed by atoms with van der Waals surface area (Å²) in [6.45, 7) is 1.56. The first-order valence-corrected chi connectivity index (χ1v) is 11.1. The van der Waals surface area contributed by atoms with Crippen LogP contribution < -0.4 is 14.8 Å². The molecule has 7 nitrogen and oxygen atoms in total. The summed E-state index contributed by atoms with van der Waals surface area (Å²) in [6, 6.07) is 13.7. The smallest absolute Gasteiger partial charge is 0.223 e. The molecule has 0 fully saturated rings. The molecule has 0 saturated carbocycles. The Morgan fingerprint density at radius 1 is 1.09 bits per heavy atom. The van der Waals surface area contributed by atoms with Crippen LogP contribution in [-0.2, 0) is 16.1 Å². The van der Waals surface area contributed by atoms with Crippen LogP contribution in [0.4, 0.5) is 0 Å². The summed E-state index contributed by atoms with van der Waals surface area (Å²) >= 11 is 0. The van der Waals surface area contributed by atoms with Crippen molar-refractivity contribution in [1.29, 1.82) is 0 Å². The van der Waals surface area contributed by atoms with Crippen molar-refractivity contribution in [2.45, 2.75) is 25.8 Å². The molecule has 7 heteroatoms. The molecule has 0 atom stereocenters. The van der Waals surface area contributed by atoms with Crippen LogP contribution in [0.5, 0.6) is 11.5 Å². The normalized spacial score (nSPS) is 13.5. The fourth-order valence-corrected chi connectivity index (χ4v) is 4.14. The Balaban J connectivity index is 1.26. The van der Waals surface area contributed by atoms with Gasteiger partial charge in [-0.05, 0) is 30.2 Å². The third-order valence-corrected chi connectivity index (χ3v) is 6.03. The lowest BCUT2D eigenvalue weighted by Gasteiger charge is -2.26. The molecule has 2 aromatic carbocycles. The van der Waals surface area contributed by atoms with Crippen LogP contribution in [-0.4, -0.2) is 49.0 Å². The molecule has 3 aromatic rings. The van der Waals surface area contributed by atoms with Gasteiger partial charge in [-0.25, -0.2) is 0 Å². The zero-order valence-electron chi connectivity index (χ0n) is 19.0. The molecule has 0 unspecified atom stereocenters. The maximum absolute atomic E-state index is 12.6. The van der Waals surface area contributed by atoms with E-state index in [1.807, 2.05) is 35.4 Å². The van der Waals surface area contributed by atoms with Crippen molar-refractivity contribution in [2.75, 3.05) is 27.3 Å². The van der Waals surface area contributed by atoms with Crippen molar-refractivity contribution in [1.82, 2.24) is 15.2 Å². The van der Waals surface area contributed by atoms with Gasteiger partial charge in [-0.3, -0.25) is 9.59 Å². The van der Waals surface area contributed by atoms with E-state index in [1.165, 1.54) is 16.5 Å². The highest BCUT2D eigenvalue weighted by Crippen LogP contribution is 2.29. The van der Waals surface area contributed by atoms with Crippen LogP contribution in [0.3, 0.4) is 0 Å². The molecule has 2 amide bonds. The van der Waals surface area contributed by atoms with Gasteiger partial charge in [-0.15, -0.1) is 0 Å². The van der Waals surface area contributed by atoms with Crippen molar-refractivity contribution in [2.24, 2.45) is 0 Å². The number of rotatable bonds is 8. The highest BCUT2D eigenvalue weighted by Gasteiger charge is 2.20. The minimum Gasteiger partial charge on any atom is -0.497 e. The third-order valence-electron chi connectivity index (χ3n) is 6.03. The average molecular weight is 448 g/mol. The van der Waals surface area contributed by atoms with Crippen LogP contribution in [0, 0.1) is 0 Å². The van der Waals surface area contributed by atoms with Crippen LogP contribution in [0.2, 0.25) is 0 Å². The van der Waals surface area contributed by atoms with Gasteiger partial charge in [0.05, 0.1) is 14.2 Å². The zero-order valence-corrected chi connectivity index (χ0v) is 19.0. The fraction of sp³-hybridized carbons (Fsp3) is 0.308. The molecule has 1 aromatic heterocycles. The number of H-pyrrole nitrogens is 1. The molecule has 0 bridgehead atoms. The summed E-state index contributed by atoms with van der Waals surface area (Å²) in [5, 5.41) is 4.07. The lowest BCUT2D eigenvalue weighted by atomic mass is 9.98. The first-order chi connectivity index (χ1) is 16.1. The molecule has 0 saturated heterocycles. The Bertz CT molecular complexity index is 1180. The summed E-state index contributed by atoms with van der Waals surface area (Å²) in [5.41, 5.74) is 4.42. The second kappa shape index (κ2) is 10.3. The number of ether oxygens (including phenoxy) is 2.